The highest BCUT2D eigenvalue weighted by Gasteiger charge is 2.29. The van der Waals surface area contributed by atoms with E-state index in [-0.39, 0.29) is 29.4 Å². The Bertz CT molecular complexity index is 1070. The third-order valence-corrected chi connectivity index (χ3v) is 5.33. The van der Waals surface area contributed by atoms with Crippen LogP contribution < -0.4 is 10.1 Å². The average molecular weight is 418 g/mol. The molecule has 1 aliphatic heterocycles. The number of thioether (sulfide) groups is 1. The van der Waals surface area contributed by atoms with E-state index in [1.807, 2.05) is 30.3 Å². The van der Waals surface area contributed by atoms with Crippen LogP contribution in [0.1, 0.15) is 15.9 Å². The van der Waals surface area contributed by atoms with Gasteiger partial charge in [-0.3, -0.25) is 19.3 Å². The Morgan fingerprint density at radius 3 is 2.37 bits per heavy atom. The van der Waals surface area contributed by atoms with Crippen LogP contribution in [-0.2, 0) is 11.3 Å². The van der Waals surface area contributed by atoms with E-state index in [0.29, 0.717) is 22.7 Å². The van der Waals surface area contributed by atoms with Gasteiger partial charge in [-0.25, -0.2) is 0 Å². The molecule has 0 atom stereocenters. The molecule has 0 spiro atoms. The van der Waals surface area contributed by atoms with Crippen molar-refractivity contribution in [1.82, 2.24) is 4.90 Å². The lowest BCUT2D eigenvalue weighted by Gasteiger charge is -2.13. The molecule has 0 radical (unpaired) electrons. The molecule has 0 aromatic heterocycles. The summed E-state index contributed by atoms with van der Waals surface area (Å²) >= 11 is 1.01. The predicted octanol–water partition coefficient (Wildman–Crippen LogP) is 4.93. The zero-order valence-corrected chi connectivity index (χ0v) is 16.7. The number of ether oxygens (including phenoxy) is 1. The van der Waals surface area contributed by atoms with Gasteiger partial charge in [0.1, 0.15) is 11.5 Å². The Kier molecular flexibility index (Phi) is 5.81. The van der Waals surface area contributed by atoms with Crippen LogP contribution in [0.2, 0.25) is 0 Å². The van der Waals surface area contributed by atoms with Crippen molar-refractivity contribution >= 4 is 34.5 Å². The molecule has 0 saturated carbocycles. The van der Waals surface area contributed by atoms with Crippen molar-refractivity contribution in [2.45, 2.75) is 6.54 Å². The number of nitrogens with zero attached hydrogens (tertiary/aromatic N) is 1. The maximum absolute atomic E-state index is 12.6. The molecule has 1 aliphatic rings. The molecule has 1 heterocycles. The first kappa shape index (κ1) is 19.7. The summed E-state index contributed by atoms with van der Waals surface area (Å²) in [4.78, 5) is 37.3. The zero-order valence-electron chi connectivity index (χ0n) is 15.9. The molecule has 0 aliphatic carbocycles. The second kappa shape index (κ2) is 8.84. The second-order valence-electron chi connectivity index (χ2n) is 6.63. The molecular weight excluding hydrogens is 400 g/mol. The molecule has 0 bridgehead atoms. The van der Waals surface area contributed by atoms with Gasteiger partial charge in [-0.1, -0.05) is 48.2 Å². The van der Waals surface area contributed by atoms with Crippen LogP contribution >= 0.6 is 11.8 Å². The van der Waals surface area contributed by atoms with Crippen LogP contribution in [0.3, 0.4) is 0 Å². The van der Waals surface area contributed by atoms with Crippen LogP contribution in [0, 0.1) is 0 Å². The SMILES string of the molecule is O=C(Nc1ccc(CN2C(=O)CSC2=O)cc1)c1cccc(Oc2ccccc2)c1. The summed E-state index contributed by atoms with van der Waals surface area (Å²) in [5, 5.41) is 2.61. The van der Waals surface area contributed by atoms with Crippen molar-refractivity contribution in [3.63, 3.8) is 0 Å². The lowest BCUT2D eigenvalue weighted by atomic mass is 10.1. The Balaban J connectivity index is 1.39. The summed E-state index contributed by atoms with van der Waals surface area (Å²) in [6.45, 7) is 0.234. The summed E-state index contributed by atoms with van der Waals surface area (Å²) in [7, 11) is 0. The minimum atomic E-state index is -0.262. The van der Waals surface area contributed by atoms with Gasteiger partial charge in [-0.2, -0.15) is 0 Å². The smallest absolute Gasteiger partial charge is 0.289 e. The Morgan fingerprint density at radius 2 is 1.67 bits per heavy atom. The maximum Gasteiger partial charge on any atom is 0.289 e. The van der Waals surface area contributed by atoms with Crippen molar-refractivity contribution in [3.8, 4) is 11.5 Å². The number of carbonyl (C=O) groups is 3. The van der Waals surface area contributed by atoms with Gasteiger partial charge in [-0.15, -0.1) is 0 Å². The molecule has 1 N–H and O–H groups in total. The van der Waals surface area contributed by atoms with Crippen molar-refractivity contribution < 1.29 is 19.1 Å². The molecule has 30 heavy (non-hydrogen) atoms. The van der Waals surface area contributed by atoms with Gasteiger partial charge in [0.25, 0.3) is 11.1 Å². The number of rotatable bonds is 6. The van der Waals surface area contributed by atoms with E-state index in [1.165, 1.54) is 4.90 Å². The van der Waals surface area contributed by atoms with E-state index in [2.05, 4.69) is 5.32 Å². The van der Waals surface area contributed by atoms with E-state index >= 15 is 0 Å². The summed E-state index contributed by atoms with van der Waals surface area (Å²) < 4.78 is 5.77. The molecule has 1 fully saturated rings. The van der Waals surface area contributed by atoms with Crippen LogP contribution in [0.5, 0.6) is 11.5 Å². The Morgan fingerprint density at radius 1 is 0.933 bits per heavy atom. The van der Waals surface area contributed by atoms with Crippen molar-refractivity contribution in [2.24, 2.45) is 0 Å². The highest BCUT2D eigenvalue weighted by atomic mass is 32.2. The van der Waals surface area contributed by atoms with Gasteiger partial charge >= 0.3 is 0 Å². The largest absolute Gasteiger partial charge is 0.457 e. The standard InChI is InChI=1S/C23H18N2O4S/c26-21-15-30-23(28)25(21)14-16-9-11-18(12-10-16)24-22(27)17-5-4-8-20(13-17)29-19-6-2-1-3-7-19/h1-13H,14-15H2,(H,24,27). The van der Waals surface area contributed by atoms with Gasteiger partial charge in [0, 0.05) is 11.3 Å². The quantitative estimate of drug-likeness (QED) is 0.615. The second-order valence-corrected chi connectivity index (χ2v) is 7.56. The zero-order chi connectivity index (χ0) is 20.9. The lowest BCUT2D eigenvalue weighted by Crippen LogP contribution is -2.27. The molecule has 1 saturated heterocycles. The van der Waals surface area contributed by atoms with E-state index < -0.39 is 0 Å². The van der Waals surface area contributed by atoms with Gasteiger partial charge in [0.15, 0.2) is 0 Å². The highest BCUT2D eigenvalue weighted by molar-refractivity contribution is 8.14. The number of carbonyl (C=O) groups excluding carboxylic acids is 3. The third kappa shape index (κ3) is 4.69. The van der Waals surface area contributed by atoms with Gasteiger partial charge in [-0.05, 0) is 48.0 Å². The van der Waals surface area contributed by atoms with Crippen LogP contribution in [-0.4, -0.2) is 27.7 Å². The van der Waals surface area contributed by atoms with Crippen LogP contribution in [0.25, 0.3) is 0 Å². The summed E-state index contributed by atoms with van der Waals surface area (Å²) in [6, 6.07) is 23.4. The molecule has 150 valence electrons. The number of amides is 3. The fourth-order valence-corrected chi connectivity index (χ4v) is 3.66. The predicted molar refractivity (Wildman–Crippen MR) is 116 cm³/mol. The average Bonchev–Trinajstić information content (AvgIpc) is 3.08. The van der Waals surface area contributed by atoms with Crippen LogP contribution in [0.15, 0.2) is 78.9 Å². The molecule has 7 heteroatoms. The first-order chi connectivity index (χ1) is 14.6. The highest BCUT2D eigenvalue weighted by Crippen LogP contribution is 2.24. The number of imide groups is 1. The number of benzene rings is 3. The monoisotopic (exact) mass is 418 g/mol. The van der Waals surface area contributed by atoms with E-state index in [0.717, 1.165) is 17.3 Å². The molecule has 3 aromatic carbocycles. The van der Waals surface area contributed by atoms with E-state index in [1.54, 1.807) is 48.5 Å². The molecule has 0 unspecified atom stereocenters. The number of hydrogen-bond acceptors (Lipinski definition) is 5. The molecule has 3 amide bonds. The molecule has 3 aromatic rings. The normalized spacial score (nSPS) is 13.4. The fourth-order valence-electron chi connectivity index (χ4n) is 2.94. The summed E-state index contributed by atoms with van der Waals surface area (Å²) in [5.41, 5.74) is 1.90. The number of para-hydroxylation sites is 1. The minimum absolute atomic E-state index is 0.181. The number of nitrogens with one attached hydrogen (secondary N) is 1. The van der Waals surface area contributed by atoms with Crippen molar-refractivity contribution in [1.29, 1.82) is 0 Å². The Labute approximate surface area is 177 Å². The molecular formula is C23H18N2O4S. The van der Waals surface area contributed by atoms with Gasteiger partial charge in [0.05, 0.1) is 12.3 Å². The topological polar surface area (TPSA) is 75.7 Å². The fraction of sp³-hybridized carbons (Fsp3) is 0.0870. The van der Waals surface area contributed by atoms with Gasteiger partial charge < -0.3 is 10.1 Å². The number of anilines is 1. The number of hydrogen-bond donors (Lipinski definition) is 1. The van der Waals surface area contributed by atoms with E-state index in [9.17, 15) is 14.4 Å². The maximum atomic E-state index is 12.6. The van der Waals surface area contributed by atoms with Crippen molar-refractivity contribution in [3.05, 3.63) is 90.0 Å². The van der Waals surface area contributed by atoms with Crippen molar-refractivity contribution in [2.75, 3.05) is 11.1 Å². The summed E-state index contributed by atoms with van der Waals surface area (Å²) in [6.07, 6.45) is 0. The molecule has 4 rings (SSSR count). The first-order valence-corrected chi connectivity index (χ1v) is 10.3. The van der Waals surface area contributed by atoms with Gasteiger partial charge in [0.2, 0.25) is 5.91 Å². The third-order valence-electron chi connectivity index (χ3n) is 4.47. The van der Waals surface area contributed by atoms with E-state index in [4.69, 9.17) is 4.74 Å². The first-order valence-electron chi connectivity index (χ1n) is 9.29. The summed E-state index contributed by atoms with van der Waals surface area (Å²) in [5.74, 6) is 1.02. The molecule has 6 nitrogen and oxygen atoms in total. The minimum Gasteiger partial charge on any atom is -0.457 e. The van der Waals surface area contributed by atoms with Crippen LogP contribution in [0.4, 0.5) is 10.5 Å². The lowest BCUT2D eigenvalue weighted by molar-refractivity contribution is -0.125. The Hall–Kier alpha value is -3.58.